The van der Waals surface area contributed by atoms with Gasteiger partial charge in [-0.05, 0) is 37.9 Å². The molecule has 5 atom stereocenters. The number of nitrogens with zero attached hydrogens (tertiary/aromatic N) is 4. The van der Waals surface area contributed by atoms with Gasteiger partial charge >= 0.3 is 12.2 Å². The number of piperazine rings is 1. The zero-order chi connectivity index (χ0) is 29.4. The van der Waals surface area contributed by atoms with E-state index in [1.165, 1.54) is 6.92 Å². The average Bonchev–Trinajstić information content (AvgIpc) is 3.58. The molecule has 5 aliphatic heterocycles. The third-order valence-electron chi connectivity index (χ3n) is 9.36. The van der Waals surface area contributed by atoms with Crippen LogP contribution in [0.15, 0.2) is 18.2 Å². The highest BCUT2D eigenvalue weighted by Crippen LogP contribution is 2.45. The lowest BCUT2D eigenvalue weighted by molar-refractivity contribution is -0.140. The van der Waals surface area contributed by atoms with Gasteiger partial charge in [0.2, 0.25) is 0 Å². The van der Waals surface area contributed by atoms with Gasteiger partial charge in [0.1, 0.15) is 18.6 Å². The van der Waals surface area contributed by atoms with E-state index in [1.807, 2.05) is 0 Å². The number of nitrogens with one attached hydrogen (secondary N) is 1. The van der Waals surface area contributed by atoms with E-state index in [2.05, 4.69) is 32.3 Å². The topological polar surface area (TPSA) is 88.8 Å². The standard InChI is InChI=1S/C29H33F5N6O2/c1-15-7-20(35)25(31)23(24(15)29(32,33)34)22-8-21-19(13-41-22)26(39-11-17-3-4-18(12-39)36-17)38-27(37-21)42-14-28-5-2-6-40(28)10-16(30)9-28/h3-4,7,16-18,22,36H,2,5-6,8-14,35H2,1H3/t16-,17?,18?,22?,28+/m1/s1. The number of rotatable bonds is 5. The van der Waals surface area contributed by atoms with E-state index < -0.39 is 40.9 Å². The maximum Gasteiger partial charge on any atom is 0.417 e. The molecule has 2 bridgehead atoms. The van der Waals surface area contributed by atoms with Crippen molar-refractivity contribution in [3.63, 3.8) is 0 Å². The smallest absolute Gasteiger partial charge is 0.417 e. The van der Waals surface area contributed by atoms with E-state index >= 15 is 4.39 Å². The van der Waals surface area contributed by atoms with Crippen molar-refractivity contribution in [3.05, 3.63) is 52.0 Å². The second-order valence-corrected chi connectivity index (χ2v) is 12.2. The summed E-state index contributed by atoms with van der Waals surface area (Å²) in [5, 5.41) is 3.48. The van der Waals surface area contributed by atoms with Gasteiger partial charge in [-0.3, -0.25) is 4.90 Å². The molecule has 3 unspecified atom stereocenters. The Balaban J connectivity index is 1.25. The highest BCUT2D eigenvalue weighted by molar-refractivity contribution is 5.55. The number of hydrogen-bond donors (Lipinski definition) is 2. The van der Waals surface area contributed by atoms with Gasteiger partial charge in [0, 0.05) is 55.7 Å². The normalized spacial score (nSPS) is 30.6. The number of halogens is 5. The number of hydrogen-bond acceptors (Lipinski definition) is 8. The van der Waals surface area contributed by atoms with Crippen LogP contribution in [0.5, 0.6) is 6.01 Å². The Bertz CT molecular complexity index is 1420. The van der Waals surface area contributed by atoms with E-state index in [9.17, 15) is 17.6 Å². The van der Waals surface area contributed by atoms with E-state index in [1.54, 1.807) is 0 Å². The molecule has 6 heterocycles. The molecule has 0 saturated carbocycles. The minimum Gasteiger partial charge on any atom is -0.461 e. The van der Waals surface area contributed by atoms with Crippen LogP contribution in [0.3, 0.4) is 0 Å². The van der Waals surface area contributed by atoms with Crippen molar-refractivity contribution in [1.29, 1.82) is 0 Å². The Hall–Kier alpha value is -3.03. The summed E-state index contributed by atoms with van der Waals surface area (Å²) in [4.78, 5) is 13.6. The van der Waals surface area contributed by atoms with E-state index in [4.69, 9.17) is 20.2 Å². The quantitative estimate of drug-likeness (QED) is 0.306. The van der Waals surface area contributed by atoms with Gasteiger partial charge in [-0.2, -0.15) is 23.1 Å². The van der Waals surface area contributed by atoms with Gasteiger partial charge in [0.05, 0.1) is 35.2 Å². The number of alkyl halides is 4. The molecule has 1 aromatic heterocycles. The molecule has 3 fully saturated rings. The molecule has 0 aliphatic carbocycles. The number of ether oxygens (including phenoxy) is 2. The average molecular weight is 593 g/mol. The molecule has 13 heteroatoms. The first-order valence-electron chi connectivity index (χ1n) is 14.4. The Morgan fingerprint density at radius 2 is 1.95 bits per heavy atom. The molecular formula is C29H33F5N6O2. The second-order valence-electron chi connectivity index (χ2n) is 12.2. The molecular weight excluding hydrogens is 559 g/mol. The van der Waals surface area contributed by atoms with Gasteiger partial charge in [-0.25, -0.2) is 8.78 Å². The first-order chi connectivity index (χ1) is 20.0. The summed E-state index contributed by atoms with van der Waals surface area (Å²) >= 11 is 0. The van der Waals surface area contributed by atoms with Crippen molar-refractivity contribution in [2.45, 2.75) is 75.3 Å². The first-order valence-corrected chi connectivity index (χ1v) is 14.4. The molecule has 0 amide bonds. The molecule has 3 saturated heterocycles. The number of benzene rings is 1. The Morgan fingerprint density at radius 3 is 2.69 bits per heavy atom. The molecule has 0 spiro atoms. The molecule has 8 nitrogen and oxygen atoms in total. The Kier molecular flexibility index (Phi) is 6.63. The SMILES string of the molecule is Cc1cc(N)c(F)c(C2Cc3nc(OC[C@@]45CCCN4C[C@H](F)C5)nc(N4CC5C=CC(C4)N5)c3CO2)c1C(F)(F)F. The molecule has 42 heavy (non-hydrogen) atoms. The predicted octanol–water partition coefficient (Wildman–Crippen LogP) is 4.01. The maximum atomic E-state index is 15.3. The number of aromatic nitrogens is 2. The Labute approximate surface area is 240 Å². The fraction of sp³-hybridized carbons (Fsp3) is 0.586. The lowest BCUT2D eigenvalue weighted by atomic mass is 9.91. The fourth-order valence-corrected chi connectivity index (χ4v) is 7.52. The lowest BCUT2D eigenvalue weighted by Gasteiger charge is -2.37. The van der Waals surface area contributed by atoms with Gasteiger partial charge in [0.25, 0.3) is 0 Å². The zero-order valence-electron chi connectivity index (χ0n) is 23.2. The van der Waals surface area contributed by atoms with Gasteiger partial charge in [0.15, 0.2) is 5.82 Å². The molecule has 1 aromatic carbocycles. The van der Waals surface area contributed by atoms with Crippen LogP contribution < -0.4 is 20.7 Å². The number of nitrogens with two attached hydrogens (primary N) is 1. The lowest BCUT2D eigenvalue weighted by Crippen LogP contribution is -2.52. The Morgan fingerprint density at radius 1 is 1.19 bits per heavy atom. The summed E-state index contributed by atoms with van der Waals surface area (Å²) in [6.07, 6.45) is -0.768. The zero-order valence-corrected chi connectivity index (χ0v) is 23.2. The minimum atomic E-state index is -4.81. The van der Waals surface area contributed by atoms with Crippen molar-refractivity contribution >= 4 is 11.5 Å². The number of anilines is 2. The number of nitrogen functional groups attached to an aromatic ring is 1. The second kappa shape index (κ2) is 10.0. The fourth-order valence-electron chi connectivity index (χ4n) is 7.52. The summed E-state index contributed by atoms with van der Waals surface area (Å²) < 4.78 is 84.2. The first kappa shape index (κ1) is 27.8. The maximum absolute atomic E-state index is 15.3. The summed E-state index contributed by atoms with van der Waals surface area (Å²) in [5.41, 5.74) is 4.18. The summed E-state index contributed by atoms with van der Waals surface area (Å²) in [6.45, 7) is 3.80. The van der Waals surface area contributed by atoms with Crippen molar-refractivity contribution in [1.82, 2.24) is 20.2 Å². The highest BCUT2D eigenvalue weighted by Gasteiger charge is 2.49. The molecule has 7 rings (SSSR count). The van der Waals surface area contributed by atoms with Crippen molar-refractivity contribution in [2.75, 3.05) is 43.4 Å². The molecule has 5 aliphatic rings. The third kappa shape index (κ3) is 4.69. The van der Waals surface area contributed by atoms with Crippen LogP contribution in [0.4, 0.5) is 33.5 Å². The van der Waals surface area contributed by atoms with E-state index in [0.29, 0.717) is 43.1 Å². The molecule has 2 aromatic rings. The summed E-state index contributed by atoms with van der Waals surface area (Å²) in [5.74, 6) is -0.552. The van der Waals surface area contributed by atoms with Gasteiger partial charge < -0.3 is 25.4 Å². The van der Waals surface area contributed by atoms with Gasteiger partial charge in [-0.1, -0.05) is 12.2 Å². The molecule has 0 radical (unpaired) electrons. The van der Waals surface area contributed by atoms with Crippen LogP contribution in [0.25, 0.3) is 0 Å². The van der Waals surface area contributed by atoms with Crippen molar-refractivity contribution in [3.8, 4) is 6.01 Å². The van der Waals surface area contributed by atoms with Crippen molar-refractivity contribution < 1.29 is 31.4 Å². The number of aryl methyl sites for hydroxylation is 1. The van der Waals surface area contributed by atoms with Gasteiger partial charge in [-0.15, -0.1) is 0 Å². The predicted molar refractivity (Wildman–Crippen MR) is 144 cm³/mol. The van der Waals surface area contributed by atoms with E-state index in [0.717, 1.165) is 25.5 Å². The molecule has 3 N–H and O–H groups in total. The number of fused-ring (bicyclic) bond motifs is 4. The largest absolute Gasteiger partial charge is 0.461 e. The monoisotopic (exact) mass is 592 g/mol. The minimum absolute atomic E-state index is 0.0760. The van der Waals surface area contributed by atoms with Crippen LogP contribution in [-0.2, 0) is 23.9 Å². The summed E-state index contributed by atoms with van der Waals surface area (Å²) in [7, 11) is 0. The highest BCUT2D eigenvalue weighted by atomic mass is 19.4. The molecule has 226 valence electrons. The summed E-state index contributed by atoms with van der Waals surface area (Å²) in [6, 6.07) is 1.32. The third-order valence-corrected chi connectivity index (χ3v) is 9.36. The van der Waals surface area contributed by atoms with Crippen LogP contribution in [0, 0.1) is 12.7 Å². The van der Waals surface area contributed by atoms with Crippen LogP contribution in [-0.4, -0.2) is 71.4 Å². The van der Waals surface area contributed by atoms with Crippen molar-refractivity contribution in [2.24, 2.45) is 0 Å². The van der Waals surface area contributed by atoms with Crippen LogP contribution >= 0.6 is 0 Å². The van der Waals surface area contributed by atoms with E-state index in [-0.39, 0.29) is 49.0 Å². The van der Waals surface area contributed by atoms with Crippen LogP contribution in [0.1, 0.15) is 53.3 Å². The van der Waals surface area contributed by atoms with Crippen LogP contribution in [0.2, 0.25) is 0 Å².